The lowest BCUT2D eigenvalue weighted by Gasteiger charge is -2.36. The van der Waals surface area contributed by atoms with E-state index in [1.54, 1.807) is 7.11 Å². The van der Waals surface area contributed by atoms with Gasteiger partial charge in [0.1, 0.15) is 11.2 Å². The summed E-state index contributed by atoms with van der Waals surface area (Å²) in [5, 5.41) is 0. The molecule has 3 heteroatoms. The van der Waals surface area contributed by atoms with E-state index in [9.17, 15) is 4.79 Å². The molecule has 0 spiro atoms. The monoisotopic (exact) mass is 246 g/mol. The zero-order valence-electron chi connectivity index (χ0n) is 10.6. The van der Waals surface area contributed by atoms with Gasteiger partial charge in [0.2, 0.25) is 0 Å². The van der Waals surface area contributed by atoms with Crippen molar-refractivity contribution in [2.24, 2.45) is 5.92 Å². The van der Waals surface area contributed by atoms with Crippen LogP contribution in [0, 0.1) is 5.92 Å². The first-order chi connectivity index (χ1) is 8.79. The molecular formula is C15H18O3. The molecule has 96 valence electrons. The Balaban J connectivity index is 2.13. The van der Waals surface area contributed by atoms with Crippen LogP contribution in [0.25, 0.3) is 0 Å². The maximum absolute atomic E-state index is 12.3. The van der Waals surface area contributed by atoms with Crippen molar-refractivity contribution in [3.63, 3.8) is 0 Å². The number of cyclic esters (lactones) is 1. The lowest BCUT2D eigenvalue weighted by atomic mass is 9.64. The minimum absolute atomic E-state index is 0.0586. The Hall–Kier alpha value is -1.51. The van der Waals surface area contributed by atoms with Crippen molar-refractivity contribution in [3.05, 3.63) is 29.8 Å². The molecule has 18 heavy (non-hydrogen) atoms. The van der Waals surface area contributed by atoms with E-state index in [0.29, 0.717) is 12.5 Å². The van der Waals surface area contributed by atoms with Crippen molar-refractivity contribution in [3.8, 4) is 5.75 Å². The zero-order valence-corrected chi connectivity index (χ0v) is 10.6. The Bertz CT molecular complexity index is 469. The van der Waals surface area contributed by atoms with Crippen molar-refractivity contribution in [1.29, 1.82) is 0 Å². The first kappa shape index (κ1) is 11.6. The first-order valence-electron chi connectivity index (χ1n) is 6.60. The highest BCUT2D eigenvalue weighted by atomic mass is 16.5. The van der Waals surface area contributed by atoms with Crippen LogP contribution in [0.15, 0.2) is 24.3 Å². The molecule has 1 aliphatic heterocycles. The molecule has 0 amide bonds. The van der Waals surface area contributed by atoms with E-state index in [1.165, 1.54) is 6.42 Å². The minimum atomic E-state index is -0.454. The van der Waals surface area contributed by atoms with E-state index >= 15 is 0 Å². The molecule has 3 rings (SSSR count). The number of ether oxygens (including phenoxy) is 2. The second-order valence-electron chi connectivity index (χ2n) is 5.21. The van der Waals surface area contributed by atoms with Gasteiger partial charge in [0.05, 0.1) is 13.7 Å². The smallest absolute Gasteiger partial charge is 0.317 e. The van der Waals surface area contributed by atoms with Crippen LogP contribution in [0.3, 0.4) is 0 Å². The average molecular weight is 246 g/mol. The molecule has 2 aliphatic rings. The molecule has 0 N–H and O–H groups in total. The number of carbonyl (C=O) groups excluding carboxylic acids is 1. The molecule has 1 heterocycles. The molecule has 1 aromatic carbocycles. The van der Waals surface area contributed by atoms with Crippen molar-refractivity contribution in [2.45, 2.75) is 31.1 Å². The van der Waals surface area contributed by atoms with Gasteiger partial charge in [-0.2, -0.15) is 0 Å². The third kappa shape index (κ3) is 1.46. The Morgan fingerprint density at radius 2 is 2.17 bits per heavy atom. The standard InChI is InChI=1S/C15H18O3/c1-17-13-8-3-2-7-12(13)15-9-5-4-6-11(15)10-18-14(15)16/h2-3,7-8,11H,4-6,9-10H2,1H3/t11-,15-/m0/s1. The number of rotatable bonds is 2. The zero-order chi connectivity index (χ0) is 12.6. The normalized spacial score (nSPS) is 30.7. The van der Waals surface area contributed by atoms with Gasteiger partial charge in [-0.25, -0.2) is 0 Å². The molecule has 0 radical (unpaired) electrons. The summed E-state index contributed by atoms with van der Waals surface area (Å²) in [6, 6.07) is 7.87. The van der Waals surface area contributed by atoms with Gasteiger partial charge in [0.15, 0.2) is 0 Å². The number of hydrogen-bond acceptors (Lipinski definition) is 3. The topological polar surface area (TPSA) is 35.5 Å². The second-order valence-corrected chi connectivity index (χ2v) is 5.21. The third-order valence-corrected chi connectivity index (χ3v) is 4.44. The van der Waals surface area contributed by atoms with Crippen LogP contribution in [-0.2, 0) is 14.9 Å². The van der Waals surface area contributed by atoms with Crippen LogP contribution >= 0.6 is 0 Å². The summed E-state index contributed by atoms with van der Waals surface area (Å²) in [6.07, 6.45) is 4.24. The van der Waals surface area contributed by atoms with Crippen molar-refractivity contribution < 1.29 is 14.3 Å². The summed E-state index contributed by atoms with van der Waals surface area (Å²) in [6.45, 7) is 0.566. The van der Waals surface area contributed by atoms with Gasteiger partial charge in [-0.05, 0) is 18.9 Å². The Morgan fingerprint density at radius 1 is 1.33 bits per heavy atom. The summed E-state index contributed by atoms with van der Waals surface area (Å²) >= 11 is 0. The summed E-state index contributed by atoms with van der Waals surface area (Å²) in [7, 11) is 1.66. The largest absolute Gasteiger partial charge is 0.496 e. The lowest BCUT2D eigenvalue weighted by molar-refractivity contribution is -0.143. The van der Waals surface area contributed by atoms with Crippen LogP contribution in [0.4, 0.5) is 0 Å². The van der Waals surface area contributed by atoms with Gasteiger partial charge in [-0.1, -0.05) is 31.0 Å². The quantitative estimate of drug-likeness (QED) is 0.753. The molecular weight excluding hydrogens is 228 g/mol. The number of benzene rings is 1. The van der Waals surface area contributed by atoms with Crippen molar-refractivity contribution in [2.75, 3.05) is 13.7 Å². The van der Waals surface area contributed by atoms with E-state index in [0.717, 1.165) is 30.6 Å². The van der Waals surface area contributed by atoms with Crippen LogP contribution in [0.2, 0.25) is 0 Å². The summed E-state index contributed by atoms with van der Waals surface area (Å²) in [4.78, 5) is 12.3. The van der Waals surface area contributed by atoms with E-state index < -0.39 is 5.41 Å². The molecule has 3 nitrogen and oxygen atoms in total. The maximum atomic E-state index is 12.3. The van der Waals surface area contributed by atoms with E-state index in [1.807, 2.05) is 24.3 Å². The van der Waals surface area contributed by atoms with Gasteiger partial charge in [-0.15, -0.1) is 0 Å². The SMILES string of the molecule is COc1ccccc1[C@]12CCCC[C@H]1COC2=O. The van der Waals surface area contributed by atoms with E-state index in [-0.39, 0.29) is 5.97 Å². The van der Waals surface area contributed by atoms with Gasteiger partial charge in [0.25, 0.3) is 0 Å². The summed E-state index contributed by atoms with van der Waals surface area (Å²) < 4.78 is 10.8. The van der Waals surface area contributed by atoms with Gasteiger partial charge < -0.3 is 9.47 Å². The Labute approximate surface area is 107 Å². The first-order valence-corrected chi connectivity index (χ1v) is 6.60. The van der Waals surface area contributed by atoms with Gasteiger partial charge in [0, 0.05) is 11.5 Å². The second kappa shape index (κ2) is 4.30. The molecule has 1 aliphatic carbocycles. The molecule has 0 unspecified atom stereocenters. The van der Waals surface area contributed by atoms with Crippen LogP contribution < -0.4 is 4.74 Å². The number of hydrogen-bond donors (Lipinski definition) is 0. The van der Waals surface area contributed by atoms with Crippen LogP contribution in [-0.4, -0.2) is 19.7 Å². The highest BCUT2D eigenvalue weighted by molar-refractivity contribution is 5.86. The summed E-state index contributed by atoms with van der Waals surface area (Å²) in [5.74, 6) is 1.06. The number of para-hydroxylation sites is 1. The Morgan fingerprint density at radius 3 is 3.00 bits per heavy atom. The molecule has 0 aromatic heterocycles. The van der Waals surface area contributed by atoms with Gasteiger partial charge in [-0.3, -0.25) is 4.79 Å². The third-order valence-electron chi connectivity index (χ3n) is 4.44. The molecule has 1 saturated carbocycles. The predicted molar refractivity (Wildman–Crippen MR) is 67.6 cm³/mol. The fourth-order valence-corrected chi connectivity index (χ4v) is 3.52. The van der Waals surface area contributed by atoms with Crippen LogP contribution in [0.1, 0.15) is 31.2 Å². The number of fused-ring (bicyclic) bond motifs is 1. The Kier molecular flexibility index (Phi) is 2.77. The van der Waals surface area contributed by atoms with Gasteiger partial charge >= 0.3 is 5.97 Å². The minimum Gasteiger partial charge on any atom is -0.496 e. The van der Waals surface area contributed by atoms with E-state index in [2.05, 4.69) is 0 Å². The highest BCUT2D eigenvalue weighted by Crippen LogP contribution is 2.50. The number of methoxy groups -OCH3 is 1. The van der Waals surface area contributed by atoms with Crippen LogP contribution in [0.5, 0.6) is 5.75 Å². The fourth-order valence-electron chi connectivity index (χ4n) is 3.52. The number of esters is 1. The van der Waals surface area contributed by atoms with E-state index in [4.69, 9.17) is 9.47 Å². The average Bonchev–Trinajstić information content (AvgIpc) is 2.77. The maximum Gasteiger partial charge on any atom is 0.317 e. The molecule has 1 saturated heterocycles. The molecule has 1 aromatic rings. The molecule has 2 atom stereocenters. The number of carbonyl (C=O) groups is 1. The van der Waals surface area contributed by atoms with Crippen molar-refractivity contribution in [1.82, 2.24) is 0 Å². The summed E-state index contributed by atoms with van der Waals surface area (Å²) in [5.41, 5.74) is 0.560. The fraction of sp³-hybridized carbons (Fsp3) is 0.533. The predicted octanol–water partition coefficient (Wildman–Crippen LogP) is 2.68. The lowest BCUT2D eigenvalue weighted by Crippen LogP contribution is -2.40. The highest BCUT2D eigenvalue weighted by Gasteiger charge is 2.55. The molecule has 2 fully saturated rings. The van der Waals surface area contributed by atoms with Crippen molar-refractivity contribution >= 4 is 5.97 Å². The molecule has 0 bridgehead atoms.